The molecule has 2 atom stereocenters. The molecule has 1 aromatic heterocycles. The molecule has 1 heterocycles. The summed E-state index contributed by atoms with van der Waals surface area (Å²) in [5, 5.41) is 15.6. The van der Waals surface area contributed by atoms with Crippen molar-refractivity contribution in [1.82, 2.24) is 5.32 Å². The minimum absolute atomic E-state index is 0.0375. The molecule has 1 amide bonds. The molecular formula is C11H13NO2S. The Bertz CT molecular complexity index is 359. The zero-order valence-electron chi connectivity index (χ0n) is 8.22. The number of rotatable bonds is 3. The summed E-state index contributed by atoms with van der Waals surface area (Å²) >= 11 is 1.51. The molecule has 0 bridgehead atoms. The van der Waals surface area contributed by atoms with Gasteiger partial charge in [0.05, 0.1) is 5.56 Å². The van der Waals surface area contributed by atoms with Crippen molar-refractivity contribution in [2.24, 2.45) is 5.92 Å². The summed E-state index contributed by atoms with van der Waals surface area (Å²) in [5.74, 6) is 0.155. The standard InChI is InChI=1S/C11H13NO2S/c13-6-8-1-2-10(5-8)12-11(14)9-3-4-15-7-9/h1-4,7-8,10,13H,5-6H2,(H,12,14)/t8-,10+/m0/s1. The van der Waals surface area contributed by atoms with Crippen molar-refractivity contribution >= 4 is 17.2 Å². The van der Waals surface area contributed by atoms with E-state index in [1.165, 1.54) is 11.3 Å². The van der Waals surface area contributed by atoms with Gasteiger partial charge in [-0.2, -0.15) is 11.3 Å². The van der Waals surface area contributed by atoms with Crippen LogP contribution in [0, 0.1) is 5.92 Å². The molecule has 4 heteroatoms. The van der Waals surface area contributed by atoms with Crippen LogP contribution in [-0.2, 0) is 0 Å². The molecule has 0 aromatic carbocycles. The first-order valence-electron chi connectivity index (χ1n) is 4.92. The first-order chi connectivity index (χ1) is 7.29. The lowest BCUT2D eigenvalue weighted by Gasteiger charge is -2.11. The van der Waals surface area contributed by atoms with Crippen molar-refractivity contribution in [1.29, 1.82) is 0 Å². The quantitative estimate of drug-likeness (QED) is 0.761. The minimum Gasteiger partial charge on any atom is -0.396 e. The first-order valence-corrected chi connectivity index (χ1v) is 5.86. The van der Waals surface area contributed by atoms with Crippen LogP contribution in [0.3, 0.4) is 0 Å². The third kappa shape index (κ3) is 2.46. The molecule has 3 nitrogen and oxygen atoms in total. The third-order valence-electron chi connectivity index (χ3n) is 2.51. The molecule has 0 fully saturated rings. The molecule has 2 N–H and O–H groups in total. The van der Waals surface area contributed by atoms with Gasteiger partial charge in [-0.25, -0.2) is 0 Å². The highest BCUT2D eigenvalue weighted by atomic mass is 32.1. The summed E-state index contributed by atoms with van der Waals surface area (Å²) in [4.78, 5) is 11.7. The van der Waals surface area contributed by atoms with Crippen LogP contribution in [-0.4, -0.2) is 23.7 Å². The lowest BCUT2D eigenvalue weighted by Crippen LogP contribution is -2.32. The number of carbonyl (C=O) groups is 1. The number of aliphatic hydroxyl groups is 1. The highest BCUT2D eigenvalue weighted by Gasteiger charge is 2.20. The van der Waals surface area contributed by atoms with Gasteiger partial charge < -0.3 is 10.4 Å². The average molecular weight is 223 g/mol. The van der Waals surface area contributed by atoms with Gasteiger partial charge in [0.15, 0.2) is 0 Å². The summed E-state index contributed by atoms with van der Waals surface area (Å²) in [7, 11) is 0. The average Bonchev–Trinajstić information content (AvgIpc) is 2.87. The Hall–Kier alpha value is -1.13. The lowest BCUT2D eigenvalue weighted by atomic mass is 10.1. The highest BCUT2D eigenvalue weighted by molar-refractivity contribution is 7.08. The summed E-state index contributed by atoms with van der Waals surface area (Å²) in [6.45, 7) is 0.154. The van der Waals surface area contributed by atoms with Crippen LogP contribution in [0.15, 0.2) is 29.0 Å². The number of nitrogens with one attached hydrogen (secondary N) is 1. The molecule has 0 spiro atoms. The van der Waals surface area contributed by atoms with Gasteiger partial charge in [-0.15, -0.1) is 0 Å². The second-order valence-corrected chi connectivity index (χ2v) is 4.44. The van der Waals surface area contributed by atoms with E-state index in [0.717, 1.165) is 6.42 Å². The Morgan fingerprint density at radius 3 is 3.07 bits per heavy atom. The van der Waals surface area contributed by atoms with Crippen LogP contribution in [0.4, 0.5) is 0 Å². The molecule has 0 saturated carbocycles. The number of thiophene rings is 1. The van der Waals surface area contributed by atoms with Crippen LogP contribution in [0.5, 0.6) is 0 Å². The van der Waals surface area contributed by atoms with Gasteiger partial charge >= 0.3 is 0 Å². The maximum atomic E-state index is 11.7. The van der Waals surface area contributed by atoms with Gasteiger partial charge in [-0.05, 0) is 17.9 Å². The smallest absolute Gasteiger partial charge is 0.252 e. The second-order valence-electron chi connectivity index (χ2n) is 3.66. The molecule has 1 aromatic rings. The zero-order chi connectivity index (χ0) is 10.7. The number of carbonyl (C=O) groups excluding carboxylic acids is 1. The van der Waals surface area contributed by atoms with Gasteiger partial charge in [0.2, 0.25) is 0 Å². The summed E-state index contributed by atoms with van der Waals surface area (Å²) in [5.41, 5.74) is 0.709. The number of amides is 1. The van der Waals surface area contributed by atoms with Crippen molar-refractivity contribution in [2.75, 3.05) is 6.61 Å². The summed E-state index contributed by atoms with van der Waals surface area (Å²) < 4.78 is 0. The molecule has 0 unspecified atom stereocenters. The molecule has 15 heavy (non-hydrogen) atoms. The van der Waals surface area contributed by atoms with E-state index in [1.54, 1.807) is 0 Å². The molecule has 1 aliphatic rings. The Kier molecular flexibility index (Phi) is 3.18. The van der Waals surface area contributed by atoms with Crippen LogP contribution in [0.25, 0.3) is 0 Å². The fourth-order valence-electron chi connectivity index (χ4n) is 1.66. The van der Waals surface area contributed by atoms with Crippen LogP contribution in [0.1, 0.15) is 16.8 Å². The fraction of sp³-hybridized carbons (Fsp3) is 0.364. The van der Waals surface area contributed by atoms with E-state index in [4.69, 9.17) is 5.11 Å². The number of hydrogen-bond donors (Lipinski definition) is 2. The van der Waals surface area contributed by atoms with Crippen LogP contribution in [0.2, 0.25) is 0 Å². The topological polar surface area (TPSA) is 49.3 Å². The van der Waals surface area contributed by atoms with E-state index in [0.29, 0.717) is 5.56 Å². The van der Waals surface area contributed by atoms with Crippen molar-refractivity contribution in [3.63, 3.8) is 0 Å². The third-order valence-corrected chi connectivity index (χ3v) is 3.19. The lowest BCUT2D eigenvalue weighted by molar-refractivity contribution is 0.0941. The minimum atomic E-state index is -0.0375. The van der Waals surface area contributed by atoms with Gasteiger partial charge in [0.1, 0.15) is 0 Å². The number of hydrogen-bond acceptors (Lipinski definition) is 3. The maximum absolute atomic E-state index is 11.7. The van der Waals surface area contributed by atoms with Crippen LogP contribution < -0.4 is 5.32 Å². The van der Waals surface area contributed by atoms with Crippen molar-refractivity contribution in [3.05, 3.63) is 34.5 Å². The highest BCUT2D eigenvalue weighted by Crippen LogP contribution is 2.17. The Labute approximate surface area is 92.4 Å². The second kappa shape index (κ2) is 4.59. The summed E-state index contributed by atoms with van der Waals surface area (Å²) in [6.07, 6.45) is 4.70. The molecule has 2 rings (SSSR count). The van der Waals surface area contributed by atoms with Crippen molar-refractivity contribution in [2.45, 2.75) is 12.5 Å². The predicted octanol–water partition coefficient (Wildman–Crippen LogP) is 1.41. The van der Waals surface area contributed by atoms with E-state index in [1.807, 2.05) is 29.0 Å². The Balaban J connectivity index is 1.89. The van der Waals surface area contributed by atoms with Crippen molar-refractivity contribution < 1.29 is 9.90 Å². The SMILES string of the molecule is O=C(N[C@@H]1C=C[C@H](CO)C1)c1ccsc1. The molecule has 0 saturated heterocycles. The molecular weight excluding hydrogens is 210 g/mol. The first kappa shape index (κ1) is 10.4. The van der Waals surface area contributed by atoms with Gasteiger partial charge in [0.25, 0.3) is 5.91 Å². The van der Waals surface area contributed by atoms with E-state index >= 15 is 0 Å². The van der Waals surface area contributed by atoms with Gasteiger partial charge in [-0.3, -0.25) is 4.79 Å². The Morgan fingerprint density at radius 2 is 2.47 bits per heavy atom. The molecule has 1 aliphatic carbocycles. The normalized spacial score (nSPS) is 24.3. The largest absolute Gasteiger partial charge is 0.396 e. The zero-order valence-corrected chi connectivity index (χ0v) is 9.04. The maximum Gasteiger partial charge on any atom is 0.252 e. The molecule has 80 valence electrons. The van der Waals surface area contributed by atoms with Gasteiger partial charge in [-0.1, -0.05) is 12.2 Å². The molecule has 0 aliphatic heterocycles. The predicted molar refractivity (Wildman–Crippen MR) is 59.9 cm³/mol. The fourth-order valence-corrected chi connectivity index (χ4v) is 2.30. The van der Waals surface area contributed by atoms with Crippen LogP contribution >= 0.6 is 11.3 Å². The van der Waals surface area contributed by atoms with Gasteiger partial charge in [0, 0.05) is 23.9 Å². The number of aliphatic hydroxyl groups excluding tert-OH is 1. The monoisotopic (exact) mass is 223 g/mol. The van der Waals surface area contributed by atoms with E-state index < -0.39 is 0 Å². The van der Waals surface area contributed by atoms with E-state index in [2.05, 4.69) is 5.32 Å². The van der Waals surface area contributed by atoms with Crippen molar-refractivity contribution in [3.8, 4) is 0 Å². The molecule has 0 radical (unpaired) electrons. The van der Waals surface area contributed by atoms with E-state index in [-0.39, 0.29) is 24.5 Å². The Morgan fingerprint density at radius 1 is 1.60 bits per heavy atom. The van der Waals surface area contributed by atoms with E-state index in [9.17, 15) is 4.79 Å². The summed E-state index contributed by atoms with van der Waals surface area (Å²) in [6, 6.07) is 1.87.